The maximum absolute atomic E-state index is 11.9. The number of rotatable bonds is 7. The van der Waals surface area contributed by atoms with E-state index in [1.54, 1.807) is 19.1 Å². The number of hydrogen-bond acceptors (Lipinski definition) is 6. The van der Waals surface area contributed by atoms with Crippen LogP contribution in [0.15, 0.2) is 54.6 Å². The highest BCUT2D eigenvalue weighted by Crippen LogP contribution is 2.15. The number of carbonyl (C=O) groups is 3. The topological polar surface area (TPSA) is 90.9 Å². The lowest BCUT2D eigenvalue weighted by Gasteiger charge is -2.08. The fourth-order valence-corrected chi connectivity index (χ4v) is 1.96. The number of carbonyl (C=O) groups excluding carboxylic acids is 3. The van der Waals surface area contributed by atoms with Crippen LogP contribution in [0.5, 0.6) is 5.75 Å². The zero-order valence-electron chi connectivity index (χ0n) is 14.3. The summed E-state index contributed by atoms with van der Waals surface area (Å²) in [5.41, 5.74) is 1.30. The van der Waals surface area contributed by atoms with Crippen molar-refractivity contribution >= 4 is 18.0 Å². The van der Waals surface area contributed by atoms with Crippen molar-refractivity contribution in [2.45, 2.75) is 13.5 Å². The fourth-order valence-electron chi connectivity index (χ4n) is 1.96. The van der Waals surface area contributed by atoms with Crippen LogP contribution in [0.3, 0.4) is 0 Å². The second-order valence-corrected chi connectivity index (χ2v) is 5.14. The molecule has 2 aromatic carbocycles. The quantitative estimate of drug-likeness (QED) is 0.766. The van der Waals surface area contributed by atoms with Gasteiger partial charge in [0, 0.05) is 0 Å². The van der Waals surface area contributed by atoms with E-state index in [0.717, 1.165) is 5.56 Å². The lowest BCUT2D eigenvalue weighted by atomic mass is 10.2. The molecule has 0 radical (unpaired) electrons. The SMILES string of the molecule is CCOC(=O)NC(=O)COC(=O)c1ccc(OCc2ccccc2)cc1. The summed E-state index contributed by atoms with van der Waals surface area (Å²) >= 11 is 0. The number of alkyl carbamates (subject to hydrolysis) is 1. The summed E-state index contributed by atoms with van der Waals surface area (Å²) in [6.45, 7) is 1.58. The minimum Gasteiger partial charge on any atom is -0.489 e. The number of hydrogen-bond donors (Lipinski definition) is 1. The molecule has 1 N–H and O–H groups in total. The minimum atomic E-state index is -0.881. The van der Waals surface area contributed by atoms with E-state index in [4.69, 9.17) is 9.47 Å². The molecule has 0 spiro atoms. The van der Waals surface area contributed by atoms with E-state index < -0.39 is 24.6 Å². The van der Waals surface area contributed by atoms with Gasteiger partial charge in [-0.3, -0.25) is 10.1 Å². The Morgan fingerprint density at radius 1 is 0.923 bits per heavy atom. The Morgan fingerprint density at radius 3 is 2.27 bits per heavy atom. The molecule has 0 aliphatic carbocycles. The van der Waals surface area contributed by atoms with Crippen LogP contribution < -0.4 is 10.1 Å². The van der Waals surface area contributed by atoms with Crippen molar-refractivity contribution in [3.63, 3.8) is 0 Å². The first-order valence-electron chi connectivity index (χ1n) is 7.99. The first-order chi connectivity index (χ1) is 12.6. The number of benzene rings is 2. The van der Waals surface area contributed by atoms with Gasteiger partial charge in [0.1, 0.15) is 12.4 Å². The largest absolute Gasteiger partial charge is 0.489 e. The summed E-state index contributed by atoms with van der Waals surface area (Å²) in [5, 5.41) is 1.93. The van der Waals surface area contributed by atoms with Crippen molar-refractivity contribution < 1.29 is 28.6 Å². The normalized spacial score (nSPS) is 9.88. The summed E-state index contributed by atoms with van der Waals surface area (Å²) in [4.78, 5) is 34.4. The Balaban J connectivity index is 1.79. The van der Waals surface area contributed by atoms with Crippen LogP contribution in [0, 0.1) is 0 Å². The third-order valence-electron chi connectivity index (χ3n) is 3.19. The highest BCUT2D eigenvalue weighted by molar-refractivity contribution is 5.95. The highest BCUT2D eigenvalue weighted by Gasteiger charge is 2.13. The lowest BCUT2D eigenvalue weighted by molar-refractivity contribution is -0.123. The van der Waals surface area contributed by atoms with Gasteiger partial charge in [0.15, 0.2) is 6.61 Å². The third kappa shape index (κ3) is 6.27. The third-order valence-corrected chi connectivity index (χ3v) is 3.19. The molecule has 2 amide bonds. The van der Waals surface area contributed by atoms with Crippen molar-refractivity contribution in [2.24, 2.45) is 0 Å². The van der Waals surface area contributed by atoms with Gasteiger partial charge >= 0.3 is 12.1 Å². The average Bonchev–Trinajstić information content (AvgIpc) is 2.66. The molecule has 7 heteroatoms. The number of nitrogens with one attached hydrogen (secondary N) is 1. The van der Waals surface area contributed by atoms with E-state index in [1.165, 1.54) is 12.1 Å². The molecule has 2 rings (SSSR count). The predicted molar refractivity (Wildman–Crippen MR) is 92.7 cm³/mol. The number of esters is 1. The van der Waals surface area contributed by atoms with Gasteiger partial charge in [0.2, 0.25) is 0 Å². The van der Waals surface area contributed by atoms with Crippen LogP contribution in [0.4, 0.5) is 4.79 Å². The molecule has 0 unspecified atom stereocenters. The van der Waals surface area contributed by atoms with Crippen LogP contribution in [-0.4, -0.2) is 31.2 Å². The zero-order chi connectivity index (χ0) is 18.8. The molecule has 0 saturated carbocycles. The van der Waals surface area contributed by atoms with E-state index in [-0.39, 0.29) is 12.2 Å². The lowest BCUT2D eigenvalue weighted by Crippen LogP contribution is -2.34. The van der Waals surface area contributed by atoms with E-state index in [2.05, 4.69) is 4.74 Å². The molecule has 0 fully saturated rings. The molecule has 0 aliphatic heterocycles. The Morgan fingerprint density at radius 2 is 1.62 bits per heavy atom. The molecule has 26 heavy (non-hydrogen) atoms. The van der Waals surface area contributed by atoms with Crippen LogP contribution in [0.1, 0.15) is 22.8 Å². The predicted octanol–water partition coefficient (Wildman–Crippen LogP) is 2.70. The van der Waals surface area contributed by atoms with Gasteiger partial charge in [-0.1, -0.05) is 30.3 Å². The molecular weight excluding hydrogens is 338 g/mol. The molecule has 0 saturated heterocycles. The van der Waals surface area contributed by atoms with Gasteiger partial charge in [-0.25, -0.2) is 9.59 Å². The van der Waals surface area contributed by atoms with Gasteiger partial charge in [0.25, 0.3) is 5.91 Å². The second-order valence-electron chi connectivity index (χ2n) is 5.14. The van der Waals surface area contributed by atoms with Crippen LogP contribution in [0.25, 0.3) is 0 Å². The van der Waals surface area contributed by atoms with E-state index in [0.29, 0.717) is 12.4 Å². The van der Waals surface area contributed by atoms with Crippen molar-refractivity contribution in [1.82, 2.24) is 5.32 Å². The number of ether oxygens (including phenoxy) is 3. The first-order valence-corrected chi connectivity index (χ1v) is 7.99. The Labute approximate surface area is 150 Å². The van der Waals surface area contributed by atoms with Crippen molar-refractivity contribution in [2.75, 3.05) is 13.2 Å². The van der Waals surface area contributed by atoms with Crippen LogP contribution >= 0.6 is 0 Å². The summed E-state index contributed by atoms with van der Waals surface area (Å²) in [6.07, 6.45) is -0.881. The maximum atomic E-state index is 11.9. The van der Waals surface area contributed by atoms with Gasteiger partial charge < -0.3 is 14.2 Å². The number of imide groups is 1. The molecule has 0 atom stereocenters. The molecule has 7 nitrogen and oxygen atoms in total. The summed E-state index contributed by atoms with van der Waals surface area (Å²) < 4.78 is 15.0. The van der Waals surface area contributed by atoms with Gasteiger partial charge in [-0.05, 0) is 36.8 Å². The van der Waals surface area contributed by atoms with Gasteiger partial charge in [0.05, 0.1) is 12.2 Å². The van der Waals surface area contributed by atoms with E-state index >= 15 is 0 Å². The molecule has 0 aromatic heterocycles. The number of amides is 2. The van der Waals surface area contributed by atoms with Crippen molar-refractivity contribution in [1.29, 1.82) is 0 Å². The minimum absolute atomic E-state index is 0.137. The Hall–Kier alpha value is -3.35. The Kier molecular flexibility index (Phi) is 7.17. The smallest absolute Gasteiger partial charge is 0.413 e. The average molecular weight is 357 g/mol. The van der Waals surface area contributed by atoms with Crippen molar-refractivity contribution in [3.8, 4) is 5.75 Å². The monoisotopic (exact) mass is 357 g/mol. The van der Waals surface area contributed by atoms with E-state index in [9.17, 15) is 14.4 Å². The van der Waals surface area contributed by atoms with Crippen LogP contribution in [0.2, 0.25) is 0 Å². The molecule has 0 heterocycles. The summed E-state index contributed by atoms with van der Waals surface area (Å²) in [5.74, 6) is -0.844. The van der Waals surface area contributed by atoms with E-state index in [1.807, 2.05) is 35.6 Å². The standard InChI is InChI=1S/C19H19NO6/c1-2-24-19(23)20-17(21)13-26-18(22)15-8-10-16(11-9-15)25-12-14-6-4-3-5-7-14/h3-11H,2,12-13H2,1H3,(H,20,21,23). The molecule has 136 valence electrons. The van der Waals surface area contributed by atoms with Gasteiger partial charge in [-0.2, -0.15) is 0 Å². The molecule has 0 aliphatic rings. The maximum Gasteiger partial charge on any atom is 0.413 e. The summed E-state index contributed by atoms with van der Waals surface area (Å²) in [7, 11) is 0. The molecule has 2 aromatic rings. The molecular formula is C19H19NO6. The Bertz CT molecular complexity index is 742. The second kappa shape index (κ2) is 9.83. The van der Waals surface area contributed by atoms with Crippen LogP contribution in [-0.2, 0) is 20.9 Å². The highest BCUT2D eigenvalue weighted by atomic mass is 16.6. The first kappa shape index (κ1) is 19.0. The fraction of sp³-hybridized carbons (Fsp3) is 0.211. The zero-order valence-corrected chi connectivity index (χ0v) is 14.3. The molecule has 0 bridgehead atoms. The van der Waals surface area contributed by atoms with Gasteiger partial charge in [-0.15, -0.1) is 0 Å². The van der Waals surface area contributed by atoms with Crippen molar-refractivity contribution in [3.05, 3.63) is 65.7 Å². The summed E-state index contributed by atoms with van der Waals surface area (Å²) in [6, 6.07) is 16.0.